The summed E-state index contributed by atoms with van der Waals surface area (Å²) >= 11 is 0. The molecular weight excluding hydrogens is 368 g/mol. The Morgan fingerprint density at radius 1 is 1.03 bits per heavy atom. The number of hydroxylamine groups is 1. The Morgan fingerprint density at radius 3 is 2.24 bits per heavy atom. The van der Waals surface area contributed by atoms with Crippen LogP contribution >= 0.6 is 0 Å². The minimum Gasteiger partial charge on any atom is -0.398 e. The van der Waals surface area contributed by atoms with E-state index in [-0.39, 0.29) is 0 Å². The average Bonchev–Trinajstić information content (AvgIpc) is 2.69. The van der Waals surface area contributed by atoms with Gasteiger partial charge in [-0.25, -0.2) is 5.48 Å². The van der Waals surface area contributed by atoms with E-state index in [4.69, 9.17) is 16.7 Å². The van der Waals surface area contributed by atoms with E-state index >= 15 is 0 Å². The number of para-hydroxylation sites is 1. The van der Waals surface area contributed by atoms with E-state index < -0.39 is 23.4 Å². The van der Waals surface area contributed by atoms with Crippen LogP contribution in [0.1, 0.15) is 35.3 Å². The number of amides is 2. The number of benzene rings is 2. The predicted octanol–water partition coefficient (Wildman–Crippen LogP) is 1.01. The zero-order valence-corrected chi connectivity index (χ0v) is 16.1. The van der Waals surface area contributed by atoms with Gasteiger partial charge in [0.2, 0.25) is 0 Å². The summed E-state index contributed by atoms with van der Waals surface area (Å²) in [6.45, 7) is 3.13. The first kappa shape index (κ1) is 21.5. The Morgan fingerprint density at radius 2 is 1.66 bits per heavy atom. The molecule has 0 fully saturated rings. The molecule has 0 aromatic heterocycles. The van der Waals surface area contributed by atoms with Gasteiger partial charge >= 0.3 is 0 Å². The van der Waals surface area contributed by atoms with Crippen molar-refractivity contribution >= 4 is 17.5 Å². The highest BCUT2D eigenvalue weighted by atomic mass is 16.5. The fourth-order valence-electron chi connectivity index (χ4n) is 2.39. The summed E-state index contributed by atoms with van der Waals surface area (Å²) in [7, 11) is 0. The zero-order chi connectivity index (χ0) is 21.4. The van der Waals surface area contributed by atoms with Gasteiger partial charge in [-0.05, 0) is 62.1 Å². The second-order valence-electron chi connectivity index (χ2n) is 6.87. The lowest BCUT2D eigenvalue weighted by molar-refractivity contribution is -0.132. The van der Waals surface area contributed by atoms with Crippen LogP contribution in [0.4, 0.5) is 5.69 Å². The normalized spacial score (nSPS) is 11.2. The molecule has 0 unspecified atom stereocenters. The Hall–Kier alpha value is -3.78. The fourth-order valence-corrected chi connectivity index (χ4v) is 2.39. The van der Waals surface area contributed by atoms with Gasteiger partial charge in [-0.2, -0.15) is 0 Å². The van der Waals surface area contributed by atoms with E-state index in [9.17, 15) is 9.59 Å². The van der Waals surface area contributed by atoms with E-state index in [1.807, 2.05) is 18.2 Å². The number of carbonyl (C=O) groups is 2. The number of nitrogens with one attached hydrogen (secondary N) is 2. The summed E-state index contributed by atoms with van der Waals surface area (Å²) in [6.07, 6.45) is 0. The van der Waals surface area contributed by atoms with Crippen LogP contribution in [0.5, 0.6) is 0 Å². The predicted molar refractivity (Wildman–Crippen MR) is 111 cm³/mol. The van der Waals surface area contributed by atoms with Crippen LogP contribution in [0.25, 0.3) is 0 Å². The van der Waals surface area contributed by atoms with Crippen LogP contribution in [0.15, 0.2) is 48.5 Å². The number of hydrogen-bond acceptors (Lipinski definition) is 5. The highest BCUT2D eigenvalue weighted by Gasteiger charge is 2.33. The quantitative estimate of drug-likeness (QED) is 0.230. The largest absolute Gasteiger partial charge is 0.398 e. The molecule has 2 amide bonds. The number of hydrogen-bond donors (Lipinski definition) is 5. The van der Waals surface area contributed by atoms with Crippen molar-refractivity contribution in [3.8, 4) is 23.7 Å². The lowest BCUT2D eigenvalue weighted by Gasteiger charge is -2.29. The van der Waals surface area contributed by atoms with Gasteiger partial charge in [0.15, 0.2) is 0 Å². The van der Waals surface area contributed by atoms with Crippen LogP contribution in [-0.4, -0.2) is 28.6 Å². The molecule has 0 saturated heterocycles. The van der Waals surface area contributed by atoms with Crippen molar-refractivity contribution in [2.75, 3.05) is 5.73 Å². The lowest BCUT2D eigenvalue weighted by atomic mass is 9.95. The highest BCUT2D eigenvalue weighted by molar-refractivity contribution is 5.97. The van der Waals surface area contributed by atoms with Gasteiger partial charge in [0, 0.05) is 27.9 Å². The molecule has 29 heavy (non-hydrogen) atoms. The first-order chi connectivity index (χ1) is 13.7. The zero-order valence-electron chi connectivity index (χ0n) is 16.1. The standard InChI is InChI=1S/C22H22N4O3/c1-22(2,24)19(21(28)26-29)25-20(27)17-13-11-15(12-14-17)7-3-4-8-16-9-5-6-10-18(16)23/h5-6,9-14,19,29H,23-24H2,1-2H3,(H,25,27)(H,26,28)/t19-/m1/s1. The van der Waals surface area contributed by atoms with Gasteiger partial charge in [0.25, 0.3) is 11.8 Å². The van der Waals surface area contributed by atoms with Gasteiger partial charge < -0.3 is 16.8 Å². The Bertz CT molecular complexity index is 1020. The van der Waals surface area contributed by atoms with Crippen molar-refractivity contribution in [2.24, 2.45) is 5.73 Å². The lowest BCUT2D eigenvalue weighted by Crippen LogP contribution is -2.61. The molecule has 0 radical (unpaired) electrons. The molecule has 2 rings (SSSR count). The van der Waals surface area contributed by atoms with E-state index in [1.165, 1.54) is 5.48 Å². The molecule has 2 aromatic rings. The van der Waals surface area contributed by atoms with Crippen LogP contribution in [0, 0.1) is 23.7 Å². The molecule has 1 atom stereocenters. The van der Waals surface area contributed by atoms with Crippen molar-refractivity contribution in [3.63, 3.8) is 0 Å². The first-order valence-corrected chi connectivity index (χ1v) is 8.72. The van der Waals surface area contributed by atoms with Gasteiger partial charge in [-0.15, -0.1) is 0 Å². The van der Waals surface area contributed by atoms with Crippen molar-refractivity contribution in [1.29, 1.82) is 0 Å². The highest BCUT2D eigenvalue weighted by Crippen LogP contribution is 2.09. The Balaban J connectivity index is 2.08. The fraction of sp³-hybridized carbons (Fsp3) is 0.182. The molecule has 0 aliphatic carbocycles. The number of rotatable bonds is 4. The number of nitrogen functional groups attached to an aromatic ring is 1. The summed E-state index contributed by atoms with van der Waals surface area (Å²) in [6, 6.07) is 12.6. The van der Waals surface area contributed by atoms with Crippen molar-refractivity contribution in [2.45, 2.75) is 25.4 Å². The van der Waals surface area contributed by atoms with E-state index in [0.29, 0.717) is 22.4 Å². The first-order valence-electron chi connectivity index (χ1n) is 8.72. The van der Waals surface area contributed by atoms with Gasteiger partial charge in [-0.1, -0.05) is 24.0 Å². The third kappa shape index (κ3) is 6.12. The topological polar surface area (TPSA) is 130 Å². The summed E-state index contributed by atoms with van der Waals surface area (Å²) in [5.74, 6) is 9.93. The SMILES string of the molecule is CC(C)(N)[C@H](NC(=O)c1ccc(C#CC#Cc2ccccc2N)cc1)C(=O)NO. The smallest absolute Gasteiger partial charge is 0.267 e. The minimum atomic E-state index is -1.11. The van der Waals surface area contributed by atoms with E-state index in [2.05, 4.69) is 29.0 Å². The van der Waals surface area contributed by atoms with Crippen LogP contribution in [0.2, 0.25) is 0 Å². The molecule has 148 valence electrons. The molecule has 7 heteroatoms. The molecule has 0 aliphatic heterocycles. The molecule has 2 aromatic carbocycles. The van der Waals surface area contributed by atoms with Crippen molar-refractivity contribution < 1.29 is 14.8 Å². The molecule has 7 N–H and O–H groups in total. The summed E-state index contributed by atoms with van der Waals surface area (Å²) in [5.41, 5.74) is 14.4. The maximum atomic E-state index is 12.4. The maximum absolute atomic E-state index is 12.4. The monoisotopic (exact) mass is 390 g/mol. The molecule has 7 nitrogen and oxygen atoms in total. The van der Waals surface area contributed by atoms with Crippen molar-refractivity contribution in [1.82, 2.24) is 10.8 Å². The summed E-state index contributed by atoms with van der Waals surface area (Å²) in [5, 5.41) is 11.4. The third-order valence-electron chi connectivity index (χ3n) is 3.97. The molecular formula is C22H22N4O3. The second kappa shape index (κ2) is 9.43. The minimum absolute atomic E-state index is 0.318. The molecule has 0 aliphatic rings. The Kier molecular flexibility index (Phi) is 6.99. The molecule has 0 saturated carbocycles. The van der Waals surface area contributed by atoms with Gasteiger partial charge in [0.05, 0.1) is 0 Å². The average molecular weight is 390 g/mol. The number of nitrogens with two attached hydrogens (primary N) is 2. The second-order valence-corrected chi connectivity index (χ2v) is 6.87. The Labute approximate surface area is 169 Å². The molecule has 0 heterocycles. The van der Waals surface area contributed by atoms with Gasteiger partial charge in [-0.3, -0.25) is 14.8 Å². The summed E-state index contributed by atoms with van der Waals surface area (Å²) < 4.78 is 0. The number of anilines is 1. The molecule has 0 spiro atoms. The van der Waals surface area contributed by atoms with Gasteiger partial charge in [0.1, 0.15) is 6.04 Å². The maximum Gasteiger partial charge on any atom is 0.267 e. The van der Waals surface area contributed by atoms with E-state index in [0.717, 1.165) is 0 Å². The van der Waals surface area contributed by atoms with Crippen LogP contribution in [0.3, 0.4) is 0 Å². The third-order valence-corrected chi connectivity index (χ3v) is 3.97. The molecule has 0 bridgehead atoms. The van der Waals surface area contributed by atoms with E-state index in [1.54, 1.807) is 44.2 Å². The van der Waals surface area contributed by atoms with Crippen LogP contribution in [-0.2, 0) is 4.79 Å². The summed E-state index contributed by atoms with van der Waals surface area (Å²) in [4.78, 5) is 24.1. The van der Waals surface area contributed by atoms with Crippen LogP contribution < -0.4 is 22.3 Å². The van der Waals surface area contributed by atoms with Crippen molar-refractivity contribution in [3.05, 3.63) is 65.2 Å². The number of carbonyl (C=O) groups excluding carboxylic acids is 2.